The van der Waals surface area contributed by atoms with Crippen LogP contribution in [-0.4, -0.2) is 11.8 Å². The van der Waals surface area contributed by atoms with Gasteiger partial charge in [0.1, 0.15) is 5.36 Å². The van der Waals surface area contributed by atoms with E-state index in [1.165, 1.54) is 6.08 Å². The van der Waals surface area contributed by atoms with Crippen LogP contribution in [0.15, 0.2) is 34.8 Å². The van der Waals surface area contributed by atoms with E-state index in [4.69, 9.17) is 0 Å². The van der Waals surface area contributed by atoms with Crippen molar-refractivity contribution in [3.05, 3.63) is 46.6 Å². The Morgan fingerprint density at radius 1 is 1.40 bits per heavy atom. The minimum Gasteiger partial charge on any atom is -0.289 e. The van der Waals surface area contributed by atoms with Crippen LogP contribution in [0.25, 0.3) is 0 Å². The number of hydrogen-bond acceptors (Lipinski definition) is 2. The second-order valence-corrected chi connectivity index (χ2v) is 3.20. The van der Waals surface area contributed by atoms with Crippen molar-refractivity contribution in [2.75, 3.05) is 0 Å². The summed E-state index contributed by atoms with van der Waals surface area (Å²) in [7, 11) is 0. The van der Waals surface area contributed by atoms with E-state index in [2.05, 4.69) is 16.6 Å². The van der Waals surface area contributed by atoms with Crippen LogP contribution in [0, 0.1) is 6.92 Å². The van der Waals surface area contributed by atoms with Crippen LogP contribution < -0.4 is 10.7 Å². The number of benzene rings is 1. The van der Waals surface area contributed by atoms with Crippen molar-refractivity contribution in [1.82, 2.24) is 0 Å². The van der Waals surface area contributed by atoms with Crippen molar-refractivity contribution < 1.29 is 9.59 Å². The summed E-state index contributed by atoms with van der Waals surface area (Å²) >= 11 is 0. The summed E-state index contributed by atoms with van der Waals surface area (Å²) in [5.74, 6) is -0.238. The van der Waals surface area contributed by atoms with E-state index in [0.29, 0.717) is 16.3 Å². The third-order valence-corrected chi connectivity index (χ3v) is 2.22. The highest BCUT2D eigenvalue weighted by atomic mass is 16.2. The maximum atomic E-state index is 11.6. The minimum atomic E-state index is -0.561. The zero-order valence-electron chi connectivity index (χ0n) is 8.15. The molecule has 0 unspecified atom stereocenters. The summed E-state index contributed by atoms with van der Waals surface area (Å²) in [5, 5.41) is 0.820. The van der Waals surface area contributed by atoms with Gasteiger partial charge in [-0.1, -0.05) is 12.6 Å². The Labute approximate surface area is 85.7 Å². The van der Waals surface area contributed by atoms with Gasteiger partial charge < -0.3 is 0 Å². The summed E-state index contributed by atoms with van der Waals surface area (Å²) in [6.45, 7) is 5.20. The zero-order valence-corrected chi connectivity index (χ0v) is 8.15. The molecule has 4 nitrogen and oxygen atoms in total. The van der Waals surface area contributed by atoms with Crippen LogP contribution in [0.3, 0.4) is 0 Å². The predicted molar refractivity (Wildman–Crippen MR) is 53.4 cm³/mol. The van der Waals surface area contributed by atoms with Crippen LogP contribution in [-0.2, 0) is 0 Å². The van der Waals surface area contributed by atoms with E-state index in [9.17, 15) is 9.59 Å². The number of hydrogen-bond donors (Lipinski definition) is 0. The van der Waals surface area contributed by atoms with E-state index in [1.807, 2.05) is 0 Å². The highest BCUT2D eigenvalue weighted by Crippen LogP contribution is 2.03. The van der Waals surface area contributed by atoms with E-state index in [-0.39, 0.29) is 5.78 Å². The molecule has 1 heterocycles. The lowest BCUT2D eigenvalue weighted by Gasteiger charge is -1.99. The monoisotopic (exact) mass is 200 g/mol. The highest BCUT2D eigenvalue weighted by molar-refractivity contribution is 6.05. The first-order valence-corrected chi connectivity index (χ1v) is 4.41. The first-order chi connectivity index (χ1) is 7.13. The predicted octanol–water partition coefficient (Wildman–Crippen LogP) is 0.737. The maximum absolute atomic E-state index is 11.6. The Balaban J connectivity index is 2.89. The molecule has 0 aromatic heterocycles. The zero-order chi connectivity index (χ0) is 11.0. The molecule has 0 bridgehead atoms. The third-order valence-electron chi connectivity index (χ3n) is 2.22. The number of allylic oxidation sites excluding steroid dienone is 1. The van der Waals surface area contributed by atoms with Crippen LogP contribution in [0.2, 0.25) is 0 Å². The molecule has 15 heavy (non-hydrogen) atoms. The lowest BCUT2D eigenvalue weighted by atomic mass is 10.0. The van der Waals surface area contributed by atoms with Crippen LogP contribution in [0.5, 0.6) is 0 Å². The Kier molecular flexibility index (Phi) is 2.04. The lowest BCUT2D eigenvalue weighted by Crippen LogP contribution is -2.29. The molecule has 1 aliphatic rings. The maximum Gasteiger partial charge on any atom is 0.368 e. The topological polar surface area (TPSA) is 58.9 Å². The Bertz CT molecular complexity index is 600. The summed E-state index contributed by atoms with van der Waals surface area (Å²) < 4.78 is 0. The van der Waals surface area contributed by atoms with Gasteiger partial charge in [0, 0.05) is 0 Å². The van der Waals surface area contributed by atoms with E-state index in [0.717, 1.165) is 5.56 Å². The summed E-state index contributed by atoms with van der Waals surface area (Å²) in [6.07, 6.45) is 1.21. The molecule has 0 saturated heterocycles. The fourth-order valence-electron chi connectivity index (χ4n) is 1.52. The Morgan fingerprint density at radius 2 is 2.13 bits per heavy atom. The van der Waals surface area contributed by atoms with Gasteiger partial charge in [0.05, 0.1) is 10.9 Å². The summed E-state index contributed by atoms with van der Waals surface area (Å²) in [6, 6.07) is 2.86. The van der Waals surface area contributed by atoms with Crippen molar-refractivity contribution >= 4 is 11.8 Å². The SMILES string of the molecule is C=CC(=O)c1c(C)ccc2c1=NC(=O)N=2. The van der Waals surface area contributed by atoms with Crippen molar-refractivity contribution in [2.24, 2.45) is 9.98 Å². The molecule has 0 fully saturated rings. The molecule has 1 aliphatic heterocycles. The van der Waals surface area contributed by atoms with Gasteiger partial charge in [-0.15, -0.1) is 0 Å². The number of fused-ring (bicyclic) bond motifs is 1. The van der Waals surface area contributed by atoms with Crippen LogP contribution in [0.1, 0.15) is 15.9 Å². The molecule has 0 aliphatic carbocycles. The van der Waals surface area contributed by atoms with E-state index >= 15 is 0 Å². The molecule has 74 valence electrons. The van der Waals surface area contributed by atoms with Crippen LogP contribution in [0.4, 0.5) is 4.79 Å². The molecule has 0 saturated carbocycles. The van der Waals surface area contributed by atoms with E-state index < -0.39 is 6.03 Å². The molecule has 1 aromatic rings. The molecule has 2 amide bonds. The standard InChI is InChI=1S/C11H8N2O2/c1-3-8(14)9-6(2)4-5-7-10(9)13-11(15)12-7/h3-5H,1H2,2H3. The van der Waals surface area contributed by atoms with Crippen molar-refractivity contribution in [3.63, 3.8) is 0 Å². The summed E-state index contributed by atoms with van der Waals surface area (Å²) in [4.78, 5) is 30.0. The number of carbonyl (C=O) groups is 2. The van der Waals surface area contributed by atoms with Gasteiger partial charge in [-0.2, -0.15) is 9.98 Å². The number of carbonyl (C=O) groups excluding carboxylic acids is 2. The minimum absolute atomic E-state index is 0.238. The molecule has 4 heteroatoms. The average Bonchev–Trinajstić information content (AvgIpc) is 2.57. The molecular formula is C11H8N2O2. The second kappa shape index (κ2) is 3.24. The molecule has 0 spiro atoms. The quantitative estimate of drug-likeness (QED) is 0.522. The molecule has 2 rings (SSSR count). The fraction of sp³-hybridized carbons (Fsp3) is 0.0909. The Hall–Kier alpha value is -2.10. The Morgan fingerprint density at radius 3 is 2.80 bits per heavy atom. The van der Waals surface area contributed by atoms with Gasteiger partial charge >= 0.3 is 6.03 Å². The fourth-order valence-corrected chi connectivity index (χ4v) is 1.52. The van der Waals surface area contributed by atoms with Gasteiger partial charge in [-0.3, -0.25) is 4.79 Å². The van der Waals surface area contributed by atoms with Crippen molar-refractivity contribution in [2.45, 2.75) is 6.92 Å². The lowest BCUT2D eigenvalue weighted by molar-refractivity contribution is 0.104. The smallest absolute Gasteiger partial charge is 0.289 e. The largest absolute Gasteiger partial charge is 0.368 e. The number of urea groups is 1. The average molecular weight is 200 g/mol. The van der Waals surface area contributed by atoms with Gasteiger partial charge in [0.2, 0.25) is 0 Å². The normalized spacial score (nSPS) is 12.7. The molecule has 0 N–H and O–H groups in total. The number of amides is 2. The molecular weight excluding hydrogens is 192 g/mol. The van der Waals surface area contributed by atoms with Crippen LogP contribution >= 0.6 is 0 Å². The van der Waals surface area contributed by atoms with Gasteiger partial charge in [0.25, 0.3) is 0 Å². The number of ketones is 1. The van der Waals surface area contributed by atoms with Gasteiger partial charge in [-0.05, 0) is 24.6 Å². The first kappa shape index (κ1) is 9.45. The van der Waals surface area contributed by atoms with Crippen molar-refractivity contribution in [1.29, 1.82) is 0 Å². The molecule has 0 radical (unpaired) electrons. The van der Waals surface area contributed by atoms with Gasteiger partial charge in [-0.25, -0.2) is 4.79 Å². The number of nitrogens with zero attached hydrogens (tertiary/aromatic N) is 2. The second-order valence-electron chi connectivity index (χ2n) is 3.20. The first-order valence-electron chi connectivity index (χ1n) is 4.41. The molecule has 1 aromatic carbocycles. The van der Waals surface area contributed by atoms with E-state index in [1.54, 1.807) is 19.1 Å². The summed E-state index contributed by atoms with van der Waals surface area (Å²) in [5.41, 5.74) is 1.18. The molecule has 0 atom stereocenters. The third kappa shape index (κ3) is 1.40. The highest BCUT2D eigenvalue weighted by Gasteiger charge is 2.14. The van der Waals surface area contributed by atoms with Crippen molar-refractivity contribution in [3.8, 4) is 0 Å². The van der Waals surface area contributed by atoms with Gasteiger partial charge in [0.15, 0.2) is 5.78 Å². The number of rotatable bonds is 2. The number of aryl methyl sites for hydroxylation is 1.